The summed E-state index contributed by atoms with van der Waals surface area (Å²) in [5, 5.41) is 12.5. The molecule has 0 unspecified atom stereocenters. The van der Waals surface area contributed by atoms with Gasteiger partial charge in [0.2, 0.25) is 0 Å². The third-order valence-electron chi connectivity index (χ3n) is 3.44. The second-order valence-corrected chi connectivity index (χ2v) is 5.31. The van der Waals surface area contributed by atoms with Crippen LogP contribution in [-0.2, 0) is 4.79 Å². The SMILES string of the molecule is Cc1cccc(C)c1OC[C@@H](O)CN1C(=O)N[C@@H](C)C1=O. The molecule has 2 N–H and O–H groups in total. The van der Waals surface area contributed by atoms with Crippen LogP contribution >= 0.6 is 0 Å². The molecule has 6 heteroatoms. The van der Waals surface area contributed by atoms with Gasteiger partial charge in [-0.15, -0.1) is 0 Å². The predicted molar refractivity (Wildman–Crippen MR) is 77.1 cm³/mol. The highest BCUT2D eigenvalue weighted by Crippen LogP contribution is 2.22. The molecule has 1 fully saturated rings. The summed E-state index contributed by atoms with van der Waals surface area (Å²) in [6.45, 7) is 5.42. The molecule has 1 aromatic carbocycles. The number of hydrogen-bond acceptors (Lipinski definition) is 4. The van der Waals surface area contributed by atoms with Crippen molar-refractivity contribution in [1.82, 2.24) is 10.2 Å². The Morgan fingerprint density at radius 2 is 1.95 bits per heavy atom. The second kappa shape index (κ2) is 6.13. The molecule has 0 bridgehead atoms. The zero-order valence-electron chi connectivity index (χ0n) is 12.4. The quantitative estimate of drug-likeness (QED) is 0.793. The van der Waals surface area contributed by atoms with E-state index in [1.54, 1.807) is 6.92 Å². The number of ether oxygens (including phenoxy) is 1. The number of nitrogens with zero attached hydrogens (tertiary/aromatic N) is 1. The minimum Gasteiger partial charge on any atom is -0.490 e. The topological polar surface area (TPSA) is 78.9 Å². The largest absolute Gasteiger partial charge is 0.490 e. The van der Waals surface area contributed by atoms with Crippen LogP contribution in [0.1, 0.15) is 18.1 Å². The molecule has 0 radical (unpaired) electrons. The van der Waals surface area contributed by atoms with Crippen LogP contribution in [-0.4, -0.2) is 47.2 Å². The first-order chi connectivity index (χ1) is 9.90. The number of carbonyl (C=O) groups is 2. The normalized spacial score (nSPS) is 19.6. The van der Waals surface area contributed by atoms with Gasteiger partial charge in [-0.05, 0) is 31.9 Å². The molecule has 1 aliphatic rings. The van der Waals surface area contributed by atoms with Gasteiger partial charge in [0.1, 0.15) is 24.5 Å². The van der Waals surface area contributed by atoms with Crippen LogP contribution < -0.4 is 10.1 Å². The zero-order chi connectivity index (χ0) is 15.6. The number of aryl methyl sites for hydroxylation is 2. The number of urea groups is 1. The highest BCUT2D eigenvalue weighted by Gasteiger charge is 2.36. The molecule has 3 amide bonds. The summed E-state index contributed by atoms with van der Waals surface area (Å²) in [7, 11) is 0. The monoisotopic (exact) mass is 292 g/mol. The number of hydrogen-bond donors (Lipinski definition) is 2. The van der Waals surface area contributed by atoms with Gasteiger partial charge in [0.15, 0.2) is 0 Å². The van der Waals surface area contributed by atoms with Crippen LogP contribution in [0.3, 0.4) is 0 Å². The number of β-amino-alcohol motifs (C(OH)–C–C–N with tert-alkyl or cyclic N) is 1. The third kappa shape index (κ3) is 3.33. The van der Waals surface area contributed by atoms with Gasteiger partial charge < -0.3 is 15.2 Å². The summed E-state index contributed by atoms with van der Waals surface area (Å²) < 4.78 is 5.62. The van der Waals surface area contributed by atoms with Crippen LogP contribution in [0.25, 0.3) is 0 Å². The summed E-state index contributed by atoms with van der Waals surface area (Å²) in [5.74, 6) is 0.397. The van der Waals surface area contributed by atoms with E-state index in [9.17, 15) is 14.7 Å². The van der Waals surface area contributed by atoms with Crippen molar-refractivity contribution in [3.63, 3.8) is 0 Å². The molecule has 0 spiro atoms. The molecule has 6 nitrogen and oxygen atoms in total. The Kier molecular flexibility index (Phi) is 4.47. The number of carbonyl (C=O) groups excluding carboxylic acids is 2. The molecule has 0 aromatic heterocycles. The number of aliphatic hydroxyl groups is 1. The maximum absolute atomic E-state index is 11.7. The maximum atomic E-state index is 11.7. The van der Waals surface area contributed by atoms with Crippen LogP contribution in [0.2, 0.25) is 0 Å². The highest BCUT2D eigenvalue weighted by molar-refractivity contribution is 6.03. The Hall–Kier alpha value is -2.08. The van der Waals surface area contributed by atoms with Gasteiger partial charge in [-0.1, -0.05) is 18.2 Å². The Bertz CT molecular complexity index is 538. The van der Waals surface area contributed by atoms with E-state index in [2.05, 4.69) is 5.32 Å². The molecular formula is C15H20N2O4. The molecule has 21 heavy (non-hydrogen) atoms. The van der Waals surface area contributed by atoms with Crippen molar-refractivity contribution < 1.29 is 19.4 Å². The lowest BCUT2D eigenvalue weighted by Gasteiger charge is -2.19. The van der Waals surface area contributed by atoms with Gasteiger partial charge in [-0.3, -0.25) is 9.69 Å². The van der Waals surface area contributed by atoms with E-state index < -0.39 is 18.2 Å². The molecule has 1 aromatic rings. The Labute approximate surface area is 123 Å². The molecule has 2 rings (SSSR count). The number of aliphatic hydroxyl groups excluding tert-OH is 1. The standard InChI is InChI=1S/C15H20N2O4/c1-9-5-4-6-10(2)13(9)21-8-12(18)7-17-14(19)11(3)16-15(17)20/h4-6,11-12,18H,7-8H2,1-3H3,(H,16,20)/t11-,12-/m0/s1. The van der Waals surface area contributed by atoms with Crippen LogP contribution in [0.15, 0.2) is 18.2 Å². The van der Waals surface area contributed by atoms with Crippen LogP contribution in [0.4, 0.5) is 4.79 Å². The van der Waals surface area contributed by atoms with Gasteiger partial charge in [0.05, 0.1) is 6.54 Å². The first kappa shape index (κ1) is 15.3. The summed E-state index contributed by atoms with van der Waals surface area (Å²) in [5.41, 5.74) is 1.96. The first-order valence-corrected chi connectivity index (χ1v) is 6.89. The van der Waals surface area contributed by atoms with E-state index in [1.165, 1.54) is 0 Å². The summed E-state index contributed by atoms with van der Waals surface area (Å²) in [4.78, 5) is 24.3. The predicted octanol–water partition coefficient (Wildman–Crippen LogP) is 0.983. The van der Waals surface area contributed by atoms with Gasteiger partial charge in [-0.2, -0.15) is 0 Å². The molecule has 1 heterocycles. The number of amides is 3. The fourth-order valence-corrected chi connectivity index (χ4v) is 2.30. The van der Waals surface area contributed by atoms with E-state index >= 15 is 0 Å². The van der Waals surface area contributed by atoms with E-state index in [0.29, 0.717) is 0 Å². The van der Waals surface area contributed by atoms with Crippen molar-refractivity contribution in [2.45, 2.75) is 32.9 Å². The second-order valence-electron chi connectivity index (χ2n) is 5.31. The van der Waals surface area contributed by atoms with Gasteiger partial charge in [-0.25, -0.2) is 4.79 Å². The highest BCUT2D eigenvalue weighted by atomic mass is 16.5. The number of nitrogens with one attached hydrogen (secondary N) is 1. The van der Waals surface area contributed by atoms with E-state index in [-0.39, 0.29) is 19.1 Å². The van der Waals surface area contributed by atoms with Crippen molar-refractivity contribution in [2.24, 2.45) is 0 Å². The lowest BCUT2D eigenvalue weighted by atomic mass is 10.1. The smallest absolute Gasteiger partial charge is 0.324 e. The van der Waals surface area contributed by atoms with Crippen molar-refractivity contribution in [2.75, 3.05) is 13.2 Å². The molecule has 2 atom stereocenters. The van der Waals surface area contributed by atoms with Crippen molar-refractivity contribution >= 4 is 11.9 Å². The average Bonchev–Trinajstić information content (AvgIpc) is 2.65. The molecule has 0 aliphatic carbocycles. The van der Waals surface area contributed by atoms with Crippen molar-refractivity contribution in [1.29, 1.82) is 0 Å². The summed E-state index contributed by atoms with van der Waals surface area (Å²) in [6.07, 6.45) is -0.927. The van der Waals surface area contributed by atoms with Crippen molar-refractivity contribution in [3.05, 3.63) is 29.3 Å². The molecule has 1 saturated heterocycles. The fraction of sp³-hybridized carbons (Fsp3) is 0.467. The lowest BCUT2D eigenvalue weighted by molar-refractivity contribution is -0.128. The average molecular weight is 292 g/mol. The van der Waals surface area contributed by atoms with Crippen molar-refractivity contribution in [3.8, 4) is 5.75 Å². The minimum absolute atomic E-state index is 0.0249. The van der Waals surface area contributed by atoms with E-state index in [4.69, 9.17) is 4.74 Å². The Morgan fingerprint density at radius 3 is 2.48 bits per heavy atom. The Morgan fingerprint density at radius 1 is 1.33 bits per heavy atom. The van der Waals surface area contributed by atoms with E-state index in [1.807, 2.05) is 32.0 Å². The number of rotatable bonds is 5. The van der Waals surface area contributed by atoms with Gasteiger partial charge >= 0.3 is 6.03 Å². The summed E-state index contributed by atoms with van der Waals surface area (Å²) in [6, 6.07) is 4.77. The number of imide groups is 1. The Balaban J connectivity index is 1.92. The number of benzene rings is 1. The molecule has 1 aliphatic heterocycles. The number of para-hydroxylation sites is 1. The van der Waals surface area contributed by atoms with Gasteiger partial charge in [0, 0.05) is 0 Å². The first-order valence-electron chi connectivity index (χ1n) is 6.89. The molecule has 0 saturated carbocycles. The molecule has 114 valence electrons. The molecular weight excluding hydrogens is 272 g/mol. The van der Waals surface area contributed by atoms with E-state index in [0.717, 1.165) is 21.8 Å². The maximum Gasteiger partial charge on any atom is 0.324 e. The minimum atomic E-state index is -0.927. The van der Waals surface area contributed by atoms with Crippen LogP contribution in [0, 0.1) is 13.8 Å². The zero-order valence-corrected chi connectivity index (χ0v) is 12.4. The summed E-state index contributed by atoms with van der Waals surface area (Å²) >= 11 is 0. The third-order valence-corrected chi connectivity index (χ3v) is 3.44. The van der Waals surface area contributed by atoms with Crippen LogP contribution in [0.5, 0.6) is 5.75 Å². The van der Waals surface area contributed by atoms with Gasteiger partial charge in [0.25, 0.3) is 5.91 Å². The lowest BCUT2D eigenvalue weighted by Crippen LogP contribution is -2.40. The fourth-order valence-electron chi connectivity index (χ4n) is 2.30.